The van der Waals surface area contributed by atoms with E-state index >= 15 is 0 Å². The van der Waals surface area contributed by atoms with E-state index in [9.17, 15) is 9.18 Å². The summed E-state index contributed by atoms with van der Waals surface area (Å²) in [6.07, 6.45) is 0. The molecule has 96 valence electrons. The quantitative estimate of drug-likeness (QED) is 0.768. The zero-order valence-corrected chi connectivity index (χ0v) is 10.8. The van der Waals surface area contributed by atoms with Crippen molar-refractivity contribution in [1.82, 2.24) is 5.06 Å². The van der Waals surface area contributed by atoms with Crippen LogP contribution in [0.1, 0.15) is 36.7 Å². The number of aliphatic imine (C=N–C) groups is 1. The second-order valence-electron chi connectivity index (χ2n) is 5.08. The van der Waals surface area contributed by atoms with Gasteiger partial charge < -0.3 is 0 Å². The summed E-state index contributed by atoms with van der Waals surface area (Å²) < 4.78 is 13.2. The SMILES string of the molecule is CON1C(=O)c2cc(F)ccc2C1=NC(C)(C)C. The van der Waals surface area contributed by atoms with Crippen LogP contribution in [0.3, 0.4) is 0 Å². The van der Waals surface area contributed by atoms with Crippen molar-refractivity contribution < 1.29 is 14.0 Å². The van der Waals surface area contributed by atoms with E-state index in [1.54, 1.807) is 6.07 Å². The zero-order valence-electron chi connectivity index (χ0n) is 10.8. The largest absolute Gasteiger partial charge is 0.284 e. The Kier molecular flexibility index (Phi) is 2.94. The molecule has 0 unspecified atom stereocenters. The van der Waals surface area contributed by atoms with Crippen LogP contribution < -0.4 is 0 Å². The lowest BCUT2D eigenvalue weighted by Gasteiger charge is -2.18. The molecular formula is C13H15FN2O2. The Bertz CT molecular complexity index is 532. The van der Waals surface area contributed by atoms with Crippen LogP contribution in [0.4, 0.5) is 4.39 Å². The molecule has 0 bridgehead atoms. The molecule has 0 atom stereocenters. The van der Waals surface area contributed by atoms with E-state index in [4.69, 9.17) is 4.84 Å². The molecule has 4 nitrogen and oxygen atoms in total. The maximum absolute atomic E-state index is 13.2. The Morgan fingerprint density at radius 3 is 2.50 bits per heavy atom. The van der Waals surface area contributed by atoms with Crippen molar-refractivity contribution in [2.75, 3.05) is 7.11 Å². The standard InChI is InChI=1S/C13H15FN2O2/c1-13(2,3)15-11-9-6-5-8(14)7-10(9)12(17)16(11)18-4/h5-7H,1-4H3. The molecule has 1 aromatic rings. The normalized spacial score (nSPS) is 17.5. The minimum Gasteiger partial charge on any atom is -0.268 e. The fourth-order valence-corrected chi connectivity index (χ4v) is 1.80. The number of carbonyl (C=O) groups excluding carboxylic acids is 1. The second kappa shape index (κ2) is 4.17. The summed E-state index contributed by atoms with van der Waals surface area (Å²) >= 11 is 0. The van der Waals surface area contributed by atoms with Crippen LogP contribution in [0.25, 0.3) is 0 Å². The van der Waals surface area contributed by atoms with Crippen LogP contribution >= 0.6 is 0 Å². The predicted octanol–water partition coefficient (Wildman–Crippen LogP) is 2.39. The lowest BCUT2D eigenvalue weighted by molar-refractivity contribution is -0.0375. The van der Waals surface area contributed by atoms with Gasteiger partial charge in [-0.25, -0.2) is 4.39 Å². The molecule has 1 aliphatic rings. The smallest absolute Gasteiger partial charge is 0.268 e. The highest BCUT2D eigenvalue weighted by molar-refractivity contribution is 6.22. The summed E-state index contributed by atoms with van der Waals surface area (Å²) in [4.78, 5) is 21.5. The molecule has 0 N–H and O–H groups in total. The van der Waals surface area contributed by atoms with Crippen molar-refractivity contribution in [3.8, 4) is 0 Å². The summed E-state index contributed by atoms with van der Waals surface area (Å²) in [6, 6.07) is 4.06. The number of hydrogen-bond acceptors (Lipinski definition) is 3. The Labute approximate surface area is 105 Å². The topological polar surface area (TPSA) is 41.9 Å². The van der Waals surface area contributed by atoms with Gasteiger partial charge >= 0.3 is 0 Å². The average Bonchev–Trinajstić information content (AvgIpc) is 2.49. The first-order valence-electron chi connectivity index (χ1n) is 5.62. The third kappa shape index (κ3) is 2.13. The Morgan fingerprint density at radius 2 is 1.94 bits per heavy atom. The van der Waals surface area contributed by atoms with E-state index in [2.05, 4.69) is 4.99 Å². The molecule has 0 fully saturated rings. The molecule has 0 radical (unpaired) electrons. The van der Waals surface area contributed by atoms with Crippen LogP contribution in [0.2, 0.25) is 0 Å². The number of hydrogen-bond donors (Lipinski definition) is 0. The average molecular weight is 250 g/mol. The van der Waals surface area contributed by atoms with Gasteiger partial charge in [0.25, 0.3) is 5.91 Å². The molecule has 1 aromatic carbocycles. The van der Waals surface area contributed by atoms with Crippen molar-refractivity contribution in [2.45, 2.75) is 26.3 Å². The highest BCUT2D eigenvalue weighted by Gasteiger charge is 2.35. The van der Waals surface area contributed by atoms with E-state index in [1.165, 1.54) is 19.2 Å². The van der Waals surface area contributed by atoms with Crippen molar-refractivity contribution in [1.29, 1.82) is 0 Å². The van der Waals surface area contributed by atoms with Gasteiger partial charge in [0, 0.05) is 5.56 Å². The van der Waals surface area contributed by atoms with Gasteiger partial charge in [0.1, 0.15) is 5.82 Å². The molecule has 1 heterocycles. The first kappa shape index (κ1) is 12.7. The first-order valence-corrected chi connectivity index (χ1v) is 5.62. The zero-order chi connectivity index (χ0) is 13.5. The molecule has 0 aromatic heterocycles. The minimum absolute atomic E-state index is 0.278. The van der Waals surface area contributed by atoms with E-state index < -0.39 is 11.7 Å². The number of nitrogens with zero attached hydrogens (tertiary/aromatic N) is 2. The summed E-state index contributed by atoms with van der Waals surface area (Å²) in [7, 11) is 1.39. The lowest BCUT2D eigenvalue weighted by Crippen LogP contribution is -2.31. The number of benzene rings is 1. The van der Waals surface area contributed by atoms with Gasteiger partial charge in [-0.3, -0.25) is 14.6 Å². The van der Waals surface area contributed by atoms with Crippen LogP contribution in [-0.2, 0) is 4.84 Å². The number of halogens is 1. The number of hydroxylamine groups is 2. The minimum atomic E-state index is -0.449. The molecule has 2 rings (SSSR count). The number of fused-ring (bicyclic) bond motifs is 1. The third-order valence-electron chi connectivity index (χ3n) is 2.45. The van der Waals surface area contributed by atoms with Crippen LogP contribution in [0, 0.1) is 5.82 Å². The van der Waals surface area contributed by atoms with Crippen LogP contribution in [0.15, 0.2) is 23.2 Å². The van der Waals surface area contributed by atoms with Gasteiger partial charge in [-0.15, -0.1) is 0 Å². The Morgan fingerprint density at radius 1 is 1.28 bits per heavy atom. The summed E-state index contributed by atoms with van der Waals surface area (Å²) in [5.41, 5.74) is 0.514. The fraction of sp³-hybridized carbons (Fsp3) is 0.385. The van der Waals surface area contributed by atoms with E-state index in [-0.39, 0.29) is 11.1 Å². The molecular weight excluding hydrogens is 235 g/mol. The summed E-state index contributed by atoms with van der Waals surface area (Å²) in [6.45, 7) is 5.75. The van der Waals surface area contributed by atoms with E-state index in [0.717, 1.165) is 5.06 Å². The molecule has 0 aliphatic carbocycles. The Hall–Kier alpha value is -1.75. The van der Waals surface area contributed by atoms with Crippen molar-refractivity contribution in [3.05, 3.63) is 35.1 Å². The number of amides is 1. The number of carbonyl (C=O) groups is 1. The molecule has 1 amide bonds. The highest BCUT2D eigenvalue weighted by Crippen LogP contribution is 2.26. The van der Waals surface area contributed by atoms with Crippen LogP contribution in [0.5, 0.6) is 0 Å². The Balaban J connectivity index is 2.61. The van der Waals surface area contributed by atoms with E-state index in [1.807, 2.05) is 20.8 Å². The number of amidine groups is 1. The lowest BCUT2D eigenvalue weighted by atomic mass is 10.1. The van der Waals surface area contributed by atoms with Gasteiger partial charge in [0.2, 0.25) is 0 Å². The molecule has 5 heteroatoms. The van der Waals surface area contributed by atoms with Crippen molar-refractivity contribution in [2.24, 2.45) is 4.99 Å². The molecule has 1 aliphatic heterocycles. The van der Waals surface area contributed by atoms with Gasteiger partial charge in [-0.2, -0.15) is 5.06 Å². The molecule has 0 saturated heterocycles. The van der Waals surface area contributed by atoms with Crippen molar-refractivity contribution >= 4 is 11.7 Å². The summed E-state index contributed by atoms with van der Waals surface area (Å²) in [5.74, 6) is -0.421. The summed E-state index contributed by atoms with van der Waals surface area (Å²) in [5, 5.41) is 1.09. The van der Waals surface area contributed by atoms with Gasteiger partial charge in [-0.1, -0.05) is 0 Å². The van der Waals surface area contributed by atoms with Gasteiger partial charge in [-0.05, 0) is 39.0 Å². The number of rotatable bonds is 1. The molecule has 0 saturated carbocycles. The van der Waals surface area contributed by atoms with Crippen LogP contribution in [-0.4, -0.2) is 29.5 Å². The third-order valence-corrected chi connectivity index (χ3v) is 2.45. The predicted molar refractivity (Wildman–Crippen MR) is 65.9 cm³/mol. The maximum atomic E-state index is 13.2. The maximum Gasteiger partial charge on any atom is 0.284 e. The van der Waals surface area contributed by atoms with Crippen molar-refractivity contribution in [3.63, 3.8) is 0 Å². The fourth-order valence-electron chi connectivity index (χ4n) is 1.80. The second-order valence-corrected chi connectivity index (χ2v) is 5.08. The first-order chi connectivity index (χ1) is 8.33. The monoisotopic (exact) mass is 250 g/mol. The van der Waals surface area contributed by atoms with Gasteiger partial charge in [0.05, 0.1) is 18.2 Å². The highest BCUT2D eigenvalue weighted by atomic mass is 19.1. The molecule has 18 heavy (non-hydrogen) atoms. The van der Waals surface area contributed by atoms with E-state index in [0.29, 0.717) is 11.4 Å². The van der Waals surface area contributed by atoms with Gasteiger partial charge in [0.15, 0.2) is 5.84 Å². The molecule has 0 spiro atoms.